The molecule has 1 unspecified atom stereocenters. The van der Waals surface area contributed by atoms with Gasteiger partial charge in [-0.25, -0.2) is 0 Å². The molecule has 0 spiro atoms. The van der Waals surface area contributed by atoms with E-state index in [0.29, 0.717) is 48.3 Å². The topological polar surface area (TPSA) is 104 Å². The number of nitrogens with two attached hydrogens (primary N) is 1. The average Bonchev–Trinajstić information content (AvgIpc) is 2.78. The fourth-order valence-corrected chi connectivity index (χ4v) is 3.04. The number of amides is 1. The maximum atomic E-state index is 12.6. The van der Waals surface area contributed by atoms with E-state index in [2.05, 4.69) is 10.6 Å². The monoisotopic (exact) mass is 401 g/mol. The predicted molar refractivity (Wildman–Crippen MR) is 109 cm³/mol. The summed E-state index contributed by atoms with van der Waals surface area (Å²) in [6, 6.07) is 10.4. The fourth-order valence-electron chi connectivity index (χ4n) is 3.04. The van der Waals surface area contributed by atoms with Crippen molar-refractivity contribution in [1.29, 1.82) is 0 Å². The van der Waals surface area contributed by atoms with E-state index in [9.17, 15) is 4.79 Å². The molecule has 1 aliphatic rings. The van der Waals surface area contributed by atoms with Crippen molar-refractivity contribution in [2.45, 2.75) is 12.6 Å². The zero-order valence-corrected chi connectivity index (χ0v) is 16.7. The molecule has 2 aromatic carbocycles. The maximum absolute atomic E-state index is 12.6. The summed E-state index contributed by atoms with van der Waals surface area (Å²) >= 11 is 0. The third-order valence-corrected chi connectivity index (χ3v) is 4.63. The molecule has 1 saturated heterocycles. The number of hydrogen-bond donors (Lipinski definition) is 3. The van der Waals surface area contributed by atoms with Crippen molar-refractivity contribution < 1.29 is 23.7 Å². The summed E-state index contributed by atoms with van der Waals surface area (Å²) < 4.78 is 22.3. The molecule has 1 amide bonds. The average molecular weight is 401 g/mol. The first-order valence-electron chi connectivity index (χ1n) is 9.48. The van der Waals surface area contributed by atoms with E-state index in [1.165, 1.54) is 0 Å². The Balaban J connectivity index is 1.73. The summed E-state index contributed by atoms with van der Waals surface area (Å²) in [7, 11) is 3.13. The van der Waals surface area contributed by atoms with Gasteiger partial charge in [0.2, 0.25) is 0 Å². The molecule has 0 radical (unpaired) electrons. The van der Waals surface area contributed by atoms with Crippen LogP contribution >= 0.6 is 0 Å². The van der Waals surface area contributed by atoms with E-state index < -0.39 is 0 Å². The first-order chi connectivity index (χ1) is 14.1. The highest BCUT2D eigenvalue weighted by atomic mass is 16.5. The summed E-state index contributed by atoms with van der Waals surface area (Å²) in [5, 5.41) is 6.13. The van der Waals surface area contributed by atoms with Gasteiger partial charge in [-0.05, 0) is 24.3 Å². The van der Waals surface area contributed by atoms with E-state index in [4.69, 9.17) is 24.7 Å². The van der Waals surface area contributed by atoms with Crippen LogP contribution in [0.2, 0.25) is 0 Å². The maximum Gasteiger partial charge on any atom is 0.251 e. The van der Waals surface area contributed by atoms with Crippen molar-refractivity contribution >= 4 is 5.91 Å². The van der Waals surface area contributed by atoms with Gasteiger partial charge >= 0.3 is 0 Å². The zero-order chi connectivity index (χ0) is 20.6. The third kappa shape index (κ3) is 5.38. The quantitative estimate of drug-likeness (QED) is 0.618. The predicted octanol–water partition coefficient (Wildman–Crippen LogP) is 1.67. The highest BCUT2D eigenvalue weighted by molar-refractivity contribution is 5.94. The molecule has 0 aromatic heterocycles. The second-order valence-corrected chi connectivity index (χ2v) is 6.55. The minimum Gasteiger partial charge on any atom is -0.496 e. The number of hydrogen-bond acceptors (Lipinski definition) is 7. The third-order valence-electron chi connectivity index (χ3n) is 4.63. The molecule has 8 heteroatoms. The van der Waals surface area contributed by atoms with E-state index in [0.717, 1.165) is 18.7 Å². The molecule has 8 nitrogen and oxygen atoms in total. The Morgan fingerprint density at radius 1 is 1.17 bits per heavy atom. The van der Waals surface area contributed by atoms with Crippen molar-refractivity contribution in [1.82, 2.24) is 10.6 Å². The van der Waals surface area contributed by atoms with Gasteiger partial charge in [0.25, 0.3) is 5.91 Å². The number of nitrogens with one attached hydrogen (secondary N) is 2. The van der Waals surface area contributed by atoms with Crippen molar-refractivity contribution in [2.24, 2.45) is 5.73 Å². The molecule has 29 heavy (non-hydrogen) atoms. The first kappa shape index (κ1) is 20.9. The van der Waals surface area contributed by atoms with Crippen LogP contribution in [-0.4, -0.2) is 52.5 Å². The standard InChI is InChI=1S/C21H27N3O5/c1-26-18-6-4-14(21(25)24-13-17-12-23-7-8-28-17)9-20(18)29-16-5-3-15(11-22)19(10-16)27-2/h3-6,9-10,17,23H,7-8,11-13,22H2,1-2H3,(H,24,25). The second-order valence-electron chi connectivity index (χ2n) is 6.55. The van der Waals surface area contributed by atoms with Crippen molar-refractivity contribution in [3.05, 3.63) is 47.5 Å². The minimum absolute atomic E-state index is 0.0322. The molecular formula is C21H27N3O5. The Hall–Kier alpha value is -2.81. The number of carbonyl (C=O) groups excluding carboxylic acids is 1. The van der Waals surface area contributed by atoms with E-state index >= 15 is 0 Å². The van der Waals surface area contributed by atoms with Gasteiger partial charge in [0, 0.05) is 43.4 Å². The van der Waals surface area contributed by atoms with Gasteiger partial charge in [-0.3, -0.25) is 4.79 Å². The molecule has 0 saturated carbocycles. The molecule has 2 aromatic rings. The smallest absolute Gasteiger partial charge is 0.251 e. The fraction of sp³-hybridized carbons (Fsp3) is 0.381. The molecule has 0 aliphatic carbocycles. The molecular weight excluding hydrogens is 374 g/mol. The van der Waals surface area contributed by atoms with Gasteiger partial charge in [-0.1, -0.05) is 6.07 Å². The summed E-state index contributed by atoms with van der Waals surface area (Å²) in [6.07, 6.45) is -0.0322. The largest absolute Gasteiger partial charge is 0.496 e. The Morgan fingerprint density at radius 3 is 2.69 bits per heavy atom. The van der Waals surface area contributed by atoms with Crippen LogP contribution in [-0.2, 0) is 11.3 Å². The molecule has 1 heterocycles. The van der Waals surface area contributed by atoms with Gasteiger partial charge in [0.05, 0.1) is 26.9 Å². The molecule has 3 rings (SSSR count). The second kappa shape index (κ2) is 10.1. The normalized spacial score (nSPS) is 16.2. The Kier molecular flexibility index (Phi) is 7.29. The SMILES string of the molecule is COc1cc(Oc2cc(C(=O)NCC3CNCCO3)ccc2OC)ccc1CN. The number of benzene rings is 2. The lowest BCUT2D eigenvalue weighted by Gasteiger charge is -2.23. The van der Waals surface area contributed by atoms with E-state index in [1.54, 1.807) is 44.6 Å². The summed E-state index contributed by atoms with van der Waals surface area (Å²) in [4.78, 5) is 12.6. The van der Waals surface area contributed by atoms with Crippen LogP contribution in [0.3, 0.4) is 0 Å². The van der Waals surface area contributed by atoms with Gasteiger partial charge in [-0.15, -0.1) is 0 Å². The summed E-state index contributed by atoms with van der Waals surface area (Å²) in [5.74, 6) is 1.93. The molecule has 1 atom stereocenters. The van der Waals surface area contributed by atoms with Gasteiger partial charge in [0.15, 0.2) is 11.5 Å². The lowest BCUT2D eigenvalue weighted by molar-refractivity contribution is 0.0287. The van der Waals surface area contributed by atoms with Crippen molar-refractivity contribution in [3.63, 3.8) is 0 Å². The van der Waals surface area contributed by atoms with Gasteiger partial charge in [-0.2, -0.15) is 0 Å². The number of rotatable bonds is 8. The van der Waals surface area contributed by atoms with Crippen LogP contribution < -0.4 is 30.6 Å². The lowest BCUT2D eigenvalue weighted by atomic mass is 10.1. The molecule has 4 N–H and O–H groups in total. The van der Waals surface area contributed by atoms with Crippen LogP contribution in [0.5, 0.6) is 23.0 Å². The number of ether oxygens (including phenoxy) is 4. The minimum atomic E-state index is -0.206. The van der Waals surface area contributed by atoms with Crippen molar-refractivity contribution in [3.8, 4) is 23.0 Å². The lowest BCUT2D eigenvalue weighted by Crippen LogP contribution is -2.45. The van der Waals surface area contributed by atoms with Gasteiger partial charge < -0.3 is 35.3 Å². The number of carbonyl (C=O) groups is 1. The highest BCUT2D eigenvalue weighted by Gasteiger charge is 2.17. The summed E-state index contributed by atoms with van der Waals surface area (Å²) in [6.45, 7) is 3.00. The number of morpholine rings is 1. The molecule has 0 bridgehead atoms. The Labute approximate surface area is 170 Å². The van der Waals surface area contributed by atoms with E-state index in [1.807, 2.05) is 6.07 Å². The Bertz CT molecular complexity index is 837. The number of methoxy groups -OCH3 is 2. The van der Waals surface area contributed by atoms with Crippen LogP contribution in [0.4, 0.5) is 0 Å². The van der Waals surface area contributed by atoms with Crippen LogP contribution in [0.1, 0.15) is 15.9 Å². The van der Waals surface area contributed by atoms with Crippen LogP contribution in [0, 0.1) is 0 Å². The van der Waals surface area contributed by atoms with Crippen molar-refractivity contribution in [2.75, 3.05) is 40.5 Å². The zero-order valence-electron chi connectivity index (χ0n) is 16.7. The van der Waals surface area contributed by atoms with Crippen LogP contribution in [0.15, 0.2) is 36.4 Å². The molecule has 1 fully saturated rings. The van der Waals surface area contributed by atoms with Crippen LogP contribution in [0.25, 0.3) is 0 Å². The summed E-state index contributed by atoms with van der Waals surface area (Å²) in [5.41, 5.74) is 7.05. The van der Waals surface area contributed by atoms with E-state index in [-0.39, 0.29) is 12.0 Å². The molecule has 156 valence electrons. The highest BCUT2D eigenvalue weighted by Crippen LogP contribution is 2.34. The van der Waals surface area contributed by atoms with Gasteiger partial charge in [0.1, 0.15) is 11.5 Å². The molecule has 1 aliphatic heterocycles. The first-order valence-corrected chi connectivity index (χ1v) is 9.48. The Morgan fingerprint density at radius 2 is 2.00 bits per heavy atom.